The lowest BCUT2D eigenvalue weighted by Gasteiger charge is -2.09. The molecule has 0 bridgehead atoms. The van der Waals surface area contributed by atoms with Gasteiger partial charge in [-0.05, 0) is 57.8 Å². The molecular formula is C30H26O5. The van der Waals surface area contributed by atoms with E-state index in [4.69, 9.17) is 18.9 Å². The lowest BCUT2D eigenvalue weighted by Crippen LogP contribution is -2.05. The molecule has 176 valence electrons. The van der Waals surface area contributed by atoms with Crippen molar-refractivity contribution in [3.05, 3.63) is 102 Å². The van der Waals surface area contributed by atoms with Crippen molar-refractivity contribution in [2.75, 3.05) is 21.3 Å². The number of fused-ring (bicyclic) bond motifs is 1. The van der Waals surface area contributed by atoms with Crippen LogP contribution in [0.2, 0.25) is 0 Å². The van der Waals surface area contributed by atoms with Crippen LogP contribution >= 0.6 is 0 Å². The molecule has 0 spiro atoms. The Balaban J connectivity index is 1.48. The van der Waals surface area contributed by atoms with Crippen molar-refractivity contribution in [1.82, 2.24) is 0 Å². The Bertz CT molecular complexity index is 1400. The van der Waals surface area contributed by atoms with E-state index in [9.17, 15) is 4.79 Å². The molecule has 35 heavy (non-hydrogen) atoms. The van der Waals surface area contributed by atoms with Gasteiger partial charge in [0.2, 0.25) is 0 Å². The maximum absolute atomic E-state index is 12.4. The summed E-state index contributed by atoms with van der Waals surface area (Å²) >= 11 is 0. The molecule has 4 aromatic rings. The average molecular weight is 467 g/mol. The van der Waals surface area contributed by atoms with Crippen LogP contribution in [0.15, 0.2) is 84.9 Å². The third-order valence-corrected chi connectivity index (χ3v) is 5.50. The molecule has 0 heterocycles. The molecule has 0 N–H and O–H groups in total. The second-order valence-electron chi connectivity index (χ2n) is 7.68. The molecule has 0 aliphatic heterocycles. The van der Waals surface area contributed by atoms with E-state index in [0.717, 1.165) is 16.7 Å². The van der Waals surface area contributed by atoms with Gasteiger partial charge in [-0.25, -0.2) is 4.79 Å². The van der Waals surface area contributed by atoms with Crippen LogP contribution in [0.1, 0.15) is 16.7 Å². The molecule has 5 heteroatoms. The Hall–Kier alpha value is -4.51. The van der Waals surface area contributed by atoms with Crippen molar-refractivity contribution < 1.29 is 23.7 Å². The Kier molecular flexibility index (Phi) is 7.48. The molecule has 0 saturated carbocycles. The largest absolute Gasteiger partial charge is 0.493 e. The normalized spacial score (nSPS) is 11.2. The summed E-state index contributed by atoms with van der Waals surface area (Å²) in [5.74, 6) is 1.50. The van der Waals surface area contributed by atoms with Crippen LogP contribution in [0.3, 0.4) is 0 Å². The lowest BCUT2D eigenvalue weighted by molar-refractivity contribution is -0.129. The number of ether oxygens (including phenoxy) is 4. The maximum atomic E-state index is 12.4. The molecule has 0 radical (unpaired) electrons. The maximum Gasteiger partial charge on any atom is 0.336 e. The lowest BCUT2D eigenvalue weighted by atomic mass is 10.0. The minimum absolute atomic E-state index is 0.344. The number of carbonyl (C=O) groups excluding carboxylic acids is 1. The molecule has 0 aliphatic carbocycles. The first-order valence-corrected chi connectivity index (χ1v) is 11.1. The Labute approximate surface area is 204 Å². The minimum atomic E-state index is -0.517. The van der Waals surface area contributed by atoms with Crippen LogP contribution in [0.5, 0.6) is 23.0 Å². The fraction of sp³-hybridized carbons (Fsp3) is 0.100. The highest BCUT2D eigenvalue weighted by molar-refractivity contribution is 5.93. The average Bonchev–Trinajstić information content (AvgIpc) is 2.91. The van der Waals surface area contributed by atoms with E-state index in [-0.39, 0.29) is 0 Å². The molecule has 4 rings (SSSR count). The summed E-state index contributed by atoms with van der Waals surface area (Å²) < 4.78 is 21.5. The van der Waals surface area contributed by atoms with E-state index in [1.165, 1.54) is 16.8 Å². The Morgan fingerprint density at radius 1 is 0.629 bits per heavy atom. The summed E-state index contributed by atoms with van der Waals surface area (Å²) in [7, 11) is 4.68. The van der Waals surface area contributed by atoms with Crippen molar-refractivity contribution >= 4 is 35.0 Å². The second kappa shape index (κ2) is 11.1. The van der Waals surface area contributed by atoms with E-state index in [0.29, 0.717) is 23.0 Å². The van der Waals surface area contributed by atoms with E-state index in [1.807, 2.05) is 42.5 Å². The van der Waals surface area contributed by atoms with E-state index < -0.39 is 5.97 Å². The fourth-order valence-corrected chi connectivity index (χ4v) is 3.72. The predicted octanol–water partition coefficient (Wildman–Crippen LogP) is 6.65. The third-order valence-electron chi connectivity index (χ3n) is 5.50. The molecular weight excluding hydrogens is 440 g/mol. The number of esters is 1. The van der Waals surface area contributed by atoms with E-state index in [1.54, 1.807) is 45.6 Å². The molecule has 0 amide bonds. The number of hydrogen-bond acceptors (Lipinski definition) is 5. The molecule has 0 unspecified atom stereocenters. The van der Waals surface area contributed by atoms with Crippen molar-refractivity contribution in [2.24, 2.45) is 0 Å². The Morgan fingerprint density at radius 2 is 1.26 bits per heavy atom. The predicted molar refractivity (Wildman–Crippen MR) is 140 cm³/mol. The zero-order valence-electron chi connectivity index (χ0n) is 19.9. The number of carbonyl (C=O) groups is 1. The van der Waals surface area contributed by atoms with Gasteiger partial charge in [-0.3, -0.25) is 0 Å². The zero-order valence-corrected chi connectivity index (χ0v) is 19.9. The second-order valence-corrected chi connectivity index (χ2v) is 7.68. The Morgan fingerprint density at radius 3 is 2.00 bits per heavy atom. The standard InChI is InChI=1S/C30H26O5/c1-32-26-16-12-22(19-28(26)33-2)14-18-30(31)35-27-17-13-21(20-29(27)34-3)11-15-24-9-6-8-23-7-4-5-10-25(23)24/h4-20H,1-3H3/b15-11+,18-14+. The van der Waals surface area contributed by atoms with Gasteiger partial charge in [0.15, 0.2) is 23.0 Å². The first-order valence-electron chi connectivity index (χ1n) is 11.1. The van der Waals surface area contributed by atoms with Crippen LogP contribution in [0, 0.1) is 0 Å². The van der Waals surface area contributed by atoms with Crippen molar-refractivity contribution in [3.8, 4) is 23.0 Å². The van der Waals surface area contributed by atoms with Crippen LogP contribution in [-0.2, 0) is 4.79 Å². The molecule has 0 fully saturated rings. The van der Waals surface area contributed by atoms with Gasteiger partial charge in [-0.1, -0.05) is 66.7 Å². The first kappa shape index (κ1) is 23.6. The van der Waals surface area contributed by atoms with Crippen LogP contribution in [0.25, 0.3) is 29.0 Å². The molecule has 4 aromatic carbocycles. The number of hydrogen-bond donors (Lipinski definition) is 0. The molecule has 0 saturated heterocycles. The van der Waals surface area contributed by atoms with Gasteiger partial charge in [0.1, 0.15) is 0 Å². The monoisotopic (exact) mass is 466 g/mol. The smallest absolute Gasteiger partial charge is 0.336 e. The summed E-state index contributed by atoms with van der Waals surface area (Å²) in [6.07, 6.45) is 7.08. The number of rotatable bonds is 8. The topological polar surface area (TPSA) is 54.0 Å². The van der Waals surface area contributed by atoms with Gasteiger partial charge in [0.25, 0.3) is 0 Å². The van der Waals surface area contributed by atoms with Crippen LogP contribution in [0.4, 0.5) is 0 Å². The van der Waals surface area contributed by atoms with Gasteiger partial charge >= 0.3 is 5.97 Å². The fourth-order valence-electron chi connectivity index (χ4n) is 3.72. The van der Waals surface area contributed by atoms with Crippen molar-refractivity contribution in [1.29, 1.82) is 0 Å². The number of benzene rings is 4. The summed E-state index contributed by atoms with van der Waals surface area (Å²) in [5.41, 5.74) is 2.83. The minimum Gasteiger partial charge on any atom is -0.493 e. The van der Waals surface area contributed by atoms with E-state index >= 15 is 0 Å². The molecule has 0 atom stereocenters. The quantitative estimate of drug-likeness (QED) is 0.126. The zero-order chi connectivity index (χ0) is 24.6. The summed E-state index contributed by atoms with van der Waals surface area (Å²) in [6.45, 7) is 0. The molecule has 0 aromatic heterocycles. The highest BCUT2D eigenvalue weighted by atomic mass is 16.6. The van der Waals surface area contributed by atoms with Gasteiger partial charge in [0, 0.05) is 6.08 Å². The highest BCUT2D eigenvalue weighted by Crippen LogP contribution is 2.30. The summed E-state index contributed by atoms with van der Waals surface area (Å²) in [6, 6.07) is 25.3. The number of methoxy groups -OCH3 is 3. The van der Waals surface area contributed by atoms with Gasteiger partial charge in [0.05, 0.1) is 21.3 Å². The van der Waals surface area contributed by atoms with Gasteiger partial charge < -0.3 is 18.9 Å². The molecule has 0 aliphatic rings. The van der Waals surface area contributed by atoms with Crippen LogP contribution < -0.4 is 18.9 Å². The van der Waals surface area contributed by atoms with Gasteiger partial charge in [-0.15, -0.1) is 0 Å². The van der Waals surface area contributed by atoms with E-state index in [2.05, 4.69) is 30.3 Å². The highest BCUT2D eigenvalue weighted by Gasteiger charge is 2.09. The first-order chi connectivity index (χ1) is 17.1. The third kappa shape index (κ3) is 5.71. The van der Waals surface area contributed by atoms with Gasteiger partial charge in [-0.2, -0.15) is 0 Å². The summed E-state index contributed by atoms with van der Waals surface area (Å²) in [4.78, 5) is 12.4. The van der Waals surface area contributed by atoms with Crippen LogP contribution in [-0.4, -0.2) is 27.3 Å². The SMILES string of the molecule is COc1ccc(/C=C/C(=O)Oc2ccc(/C=C/c3cccc4ccccc34)cc2OC)cc1OC. The van der Waals surface area contributed by atoms with Crippen molar-refractivity contribution in [3.63, 3.8) is 0 Å². The molecule has 5 nitrogen and oxygen atoms in total. The van der Waals surface area contributed by atoms with Crippen molar-refractivity contribution in [2.45, 2.75) is 0 Å². The summed E-state index contributed by atoms with van der Waals surface area (Å²) in [5, 5.41) is 2.38.